The second-order valence-corrected chi connectivity index (χ2v) is 5.76. The molecule has 0 radical (unpaired) electrons. The van der Waals surface area contributed by atoms with Gasteiger partial charge in [0.25, 0.3) is 5.91 Å². The average molecular weight is 238 g/mol. The normalized spacial score (nSPS) is 13.8. The van der Waals surface area contributed by atoms with E-state index in [0.717, 1.165) is 5.82 Å². The van der Waals surface area contributed by atoms with Crippen LogP contribution < -0.4 is 5.32 Å². The molecule has 1 atom stereocenters. The second-order valence-electron chi connectivity index (χ2n) is 5.76. The summed E-state index contributed by atoms with van der Waals surface area (Å²) in [6.45, 7) is 12.1. The fourth-order valence-corrected chi connectivity index (χ4v) is 1.14. The van der Waals surface area contributed by atoms with E-state index in [1.54, 1.807) is 0 Å². The van der Waals surface area contributed by atoms with E-state index in [2.05, 4.69) is 34.3 Å². The van der Waals surface area contributed by atoms with Gasteiger partial charge in [-0.25, -0.2) is 4.98 Å². The highest BCUT2D eigenvalue weighted by molar-refractivity contribution is 5.90. The van der Waals surface area contributed by atoms with Crippen molar-refractivity contribution >= 4 is 5.91 Å². The van der Waals surface area contributed by atoms with Gasteiger partial charge in [0.2, 0.25) is 5.82 Å². The van der Waals surface area contributed by atoms with Crippen LogP contribution in [0.1, 0.15) is 58.0 Å². The molecule has 5 heteroatoms. The summed E-state index contributed by atoms with van der Waals surface area (Å²) >= 11 is 0. The van der Waals surface area contributed by atoms with E-state index >= 15 is 0 Å². The van der Waals surface area contributed by atoms with Crippen LogP contribution >= 0.6 is 0 Å². The number of H-pyrrole nitrogens is 1. The Balaban J connectivity index is 2.74. The number of nitrogens with zero attached hydrogens (tertiary/aromatic N) is 2. The number of hydrogen-bond acceptors (Lipinski definition) is 3. The molecule has 1 aromatic heterocycles. The SMILES string of the molecule is CC(C)C(C)NC(=O)c1n[nH]c(C(C)(C)C)n1. The molecule has 17 heavy (non-hydrogen) atoms. The summed E-state index contributed by atoms with van der Waals surface area (Å²) in [7, 11) is 0. The molecule has 0 saturated carbocycles. The molecule has 0 spiro atoms. The Bertz CT molecular complexity index is 389. The third-order valence-corrected chi connectivity index (χ3v) is 2.76. The quantitative estimate of drug-likeness (QED) is 0.844. The van der Waals surface area contributed by atoms with Crippen molar-refractivity contribution in [2.75, 3.05) is 0 Å². The van der Waals surface area contributed by atoms with Crippen LogP contribution in [-0.4, -0.2) is 27.1 Å². The summed E-state index contributed by atoms with van der Waals surface area (Å²) < 4.78 is 0. The Kier molecular flexibility index (Phi) is 3.91. The minimum absolute atomic E-state index is 0.110. The van der Waals surface area contributed by atoms with Crippen LogP contribution in [0.5, 0.6) is 0 Å². The van der Waals surface area contributed by atoms with Gasteiger partial charge in [-0.05, 0) is 12.8 Å². The van der Waals surface area contributed by atoms with Gasteiger partial charge in [-0.2, -0.15) is 0 Å². The Labute approximate surface area is 102 Å². The molecule has 1 amide bonds. The van der Waals surface area contributed by atoms with E-state index in [-0.39, 0.29) is 23.2 Å². The Morgan fingerprint density at radius 1 is 1.29 bits per heavy atom. The number of carbonyl (C=O) groups excluding carboxylic acids is 1. The third-order valence-electron chi connectivity index (χ3n) is 2.76. The molecular weight excluding hydrogens is 216 g/mol. The van der Waals surface area contributed by atoms with E-state index in [0.29, 0.717) is 5.92 Å². The van der Waals surface area contributed by atoms with Crippen molar-refractivity contribution in [1.82, 2.24) is 20.5 Å². The third kappa shape index (κ3) is 3.54. The first kappa shape index (κ1) is 13.7. The van der Waals surface area contributed by atoms with Crippen LogP contribution in [0.4, 0.5) is 0 Å². The molecule has 2 N–H and O–H groups in total. The minimum atomic E-state index is -0.224. The van der Waals surface area contributed by atoms with Crippen molar-refractivity contribution in [3.63, 3.8) is 0 Å². The fraction of sp³-hybridized carbons (Fsp3) is 0.750. The molecule has 0 saturated heterocycles. The highest BCUT2D eigenvalue weighted by atomic mass is 16.2. The van der Waals surface area contributed by atoms with E-state index in [4.69, 9.17) is 0 Å². The lowest BCUT2D eigenvalue weighted by atomic mass is 9.96. The maximum Gasteiger partial charge on any atom is 0.291 e. The summed E-state index contributed by atoms with van der Waals surface area (Å²) in [5.74, 6) is 1.10. The van der Waals surface area contributed by atoms with Crippen molar-refractivity contribution in [2.45, 2.75) is 53.0 Å². The molecular formula is C12H22N4O. The number of rotatable bonds is 3. The number of aromatic amines is 1. The van der Waals surface area contributed by atoms with Crippen molar-refractivity contribution in [2.24, 2.45) is 5.92 Å². The second kappa shape index (κ2) is 4.85. The maximum atomic E-state index is 11.8. The van der Waals surface area contributed by atoms with Crippen LogP contribution in [0.3, 0.4) is 0 Å². The molecule has 0 aromatic carbocycles. The van der Waals surface area contributed by atoms with E-state index in [1.165, 1.54) is 0 Å². The predicted octanol–water partition coefficient (Wildman–Crippen LogP) is 1.88. The zero-order valence-electron chi connectivity index (χ0n) is 11.5. The molecule has 1 heterocycles. The van der Waals surface area contributed by atoms with Crippen LogP contribution in [0.2, 0.25) is 0 Å². The van der Waals surface area contributed by atoms with Gasteiger partial charge in [-0.15, -0.1) is 5.10 Å². The van der Waals surface area contributed by atoms with Gasteiger partial charge in [-0.3, -0.25) is 9.89 Å². The smallest absolute Gasteiger partial charge is 0.291 e. The highest BCUT2D eigenvalue weighted by Crippen LogP contribution is 2.17. The molecule has 1 aromatic rings. The molecule has 1 unspecified atom stereocenters. The van der Waals surface area contributed by atoms with Crippen LogP contribution in [0.15, 0.2) is 0 Å². The lowest BCUT2D eigenvalue weighted by molar-refractivity contribution is 0.0920. The Morgan fingerprint density at radius 3 is 2.29 bits per heavy atom. The zero-order chi connectivity index (χ0) is 13.2. The molecule has 0 bridgehead atoms. The lowest BCUT2D eigenvalue weighted by Gasteiger charge is -2.16. The first-order chi connectivity index (χ1) is 7.71. The van der Waals surface area contributed by atoms with Crippen LogP contribution in [0, 0.1) is 5.92 Å². The number of hydrogen-bond donors (Lipinski definition) is 2. The van der Waals surface area contributed by atoms with Crippen molar-refractivity contribution in [3.05, 3.63) is 11.6 Å². The van der Waals surface area contributed by atoms with Gasteiger partial charge in [0.1, 0.15) is 5.82 Å². The van der Waals surface area contributed by atoms with Crippen LogP contribution in [-0.2, 0) is 5.41 Å². The minimum Gasteiger partial charge on any atom is -0.347 e. The number of carbonyl (C=O) groups is 1. The van der Waals surface area contributed by atoms with Gasteiger partial charge in [0.15, 0.2) is 0 Å². The van der Waals surface area contributed by atoms with Gasteiger partial charge >= 0.3 is 0 Å². The fourth-order valence-electron chi connectivity index (χ4n) is 1.14. The maximum absolute atomic E-state index is 11.8. The van der Waals surface area contributed by atoms with Crippen molar-refractivity contribution in [1.29, 1.82) is 0 Å². The van der Waals surface area contributed by atoms with E-state index in [1.807, 2.05) is 27.7 Å². The predicted molar refractivity (Wildman–Crippen MR) is 66.8 cm³/mol. The first-order valence-electron chi connectivity index (χ1n) is 5.95. The summed E-state index contributed by atoms with van der Waals surface area (Å²) in [5.41, 5.74) is -0.130. The standard InChI is InChI=1S/C12H22N4O/c1-7(2)8(3)13-10(17)9-14-11(16-15-9)12(4,5)6/h7-8H,1-6H3,(H,13,17)(H,14,15,16). The van der Waals surface area contributed by atoms with E-state index in [9.17, 15) is 4.79 Å². The Morgan fingerprint density at radius 2 is 1.88 bits per heavy atom. The largest absolute Gasteiger partial charge is 0.347 e. The van der Waals surface area contributed by atoms with Gasteiger partial charge in [-0.1, -0.05) is 34.6 Å². The Hall–Kier alpha value is -1.39. The monoisotopic (exact) mass is 238 g/mol. The summed E-state index contributed by atoms with van der Waals surface area (Å²) in [6, 6.07) is 0.110. The average Bonchev–Trinajstić information content (AvgIpc) is 2.65. The summed E-state index contributed by atoms with van der Waals surface area (Å²) in [6.07, 6.45) is 0. The van der Waals surface area contributed by atoms with Gasteiger partial charge < -0.3 is 5.32 Å². The first-order valence-corrected chi connectivity index (χ1v) is 5.95. The van der Waals surface area contributed by atoms with Crippen molar-refractivity contribution in [3.8, 4) is 0 Å². The summed E-state index contributed by atoms with van der Waals surface area (Å²) in [4.78, 5) is 16.1. The zero-order valence-corrected chi connectivity index (χ0v) is 11.5. The van der Waals surface area contributed by atoms with Gasteiger partial charge in [0, 0.05) is 11.5 Å². The van der Waals surface area contributed by atoms with Crippen molar-refractivity contribution < 1.29 is 4.79 Å². The molecule has 5 nitrogen and oxygen atoms in total. The molecule has 0 aliphatic rings. The lowest BCUT2D eigenvalue weighted by Crippen LogP contribution is -2.36. The molecule has 96 valence electrons. The topological polar surface area (TPSA) is 70.7 Å². The number of nitrogens with one attached hydrogen (secondary N) is 2. The number of aromatic nitrogens is 3. The number of amides is 1. The molecule has 0 aliphatic heterocycles. The summed E-state index contributed by atoms with van der Waals surface area (Å²) in [5, 5.41) is 9.63. The highest BCUT2D eigenvalue weighted by Gasteiger charge is 2.22. The molecule has 0 aliphatic carbocycles. The van der Waals surface area contributed by atoms with Crippen LogP contribution in [0.25, 0.3) is 0 Å². The van der Waals surface area contributed by atoms with E-state index < -0.39 is 0 Å². The molecule has 1 rings (SSSR count). The van der Waals surface area contributed by atoms with Gasteiger partial charge in [0.05, 0.1) is 0 Å². The molecule has 0 fully saturated rings.